The van der Waals surface area contributed by atoms with Crippen LogP contribution in [0.25, 0.3) is 6.08 Å². The highest BCUT2D eigenvalue weighted by Gasteiger charge is 2.06. The lowest BCUT2D eigenvalue weighted by atomic mass is 10.2. The lowest BCUT2D eigenvalue weighted by Crippen LogP contribution is -2.24. The summed E-state index contributed by atoms with van der Waals surface area (Å²) in [5.41, 5.74) is 1.46. The molecule has 0 heterocycles. The fourth-order valence-electron chi connectivity index (χ4n) is 1.75. The molecule has 2 aromatic rings. The number of carbonyl (C=O) groups is 1. The minimum Gasteiger partial charge on any atom is -0.495 e. The lowest BCUT2D eigenvalue weighted by Gasteiger charge is -2.10. The maximum absolute atomic E-state index is 11.9. The number of hydrogen-bond acceptors (Lipinski definition) is 2. The average molecular weight is 382 g/mol. The average Bonchev–Trinajstić information content (AvgIpc) is 2.49. The van der Waals surface area contributed by atoms with Crippen molar-refractivity contribution in [3.05, 3.63) is 63.7 Å². The van der Waals surface area contributed by atoms with Crippen molar-refractivity contribution in [2.24, 2.45) is 0 Å². The van der Waals surface area contributed by atoms with Crippen LogP contribution in [0.5, 0.6) is 5.75 Å². The van der Waals surface area contributed by atoms with Crippen LogP contribution >= 0.6 is 27.5 Å². The summed E-state index contributed by atoms with van der Waals surface area (Å²) in [7, 11) is 1.53. The third-order valence-electron chi connectivity index (χ3n) is 2.79. The third kappa shape index (κ3) is 4.51. The number of methoxy groups -OCH3 is 1. The molecule has 0 spiro atoms. The van der Waals surface area contributed by atoms with Gasteiger partial charge in [-0.25, -0.2) is 4.79 Å². The number of anilines is 1. The smallest absolute Gasteiger partial charge is 0.323 e. The van der Waals surface area contributed by atoms with Gasteiger partial charge in [-0.1, -0.05) is 45.7 Å². The van der Waals surface area contributed by atoms with Crippen molar-refractivity contribution in [1.29, 1.82) is 0 Å². The predicted octanol–water partition coefficient (Wildman–Crippen LogP) is 4.90. The summed E-state index contributed by atoms with van der Waals surface area (Å²) in [6.45, 7) is 0. The minimum absolute atomic E-state index is 0.385. The molecule has 0 saturated carbocycles. The van der Waals surface area contributed by atoms with Crippen LogP contribution in [-0.2, 0) is 0 Å². The fourth-order valence-corrected chi connectivity index (χ4v) is 2.34. The van der Waals surface area contributed by atoms with Gasteiger partial charge in [0.25, 0.3) is 0 Å². The van der Waals surface area contributed by atoms with Crippen LogP contribution in [0.1, 0.15) is 5.56 Å². The highest BCUT2D eigenvalue weighted by atomic mass is 79.9. The number of halogens is 2. The number of rotatable bonds is 4. The van der Waals surface area contributed by atoms with Crippen molar-refractivity contribution in [3.63, 3.8) is 0 Å². The normalized spacial score (nSPS) is 10.5. The lowest BCUT2D eigenvalue weighted by molar-refractivity contribution is 0.255. The van der Waals surface area contributed by atoms with Gasteiger partial charge in [-0.2, -0.15) is 0 Å². The van der Waals surface area contributed by atoms with Crippen LogP contribution < -0.4 is 15.4 Å². The third-order valence-corrected chi connectivity index (χ3v) is 3.75. The van der Waals surface area contributed by atoms with E-state index >= 15 is 0 Å². The second kappa shape index (κ2) is 7.87. The second-order valence-electron chi connectivity index (χ2n) is 4.30. The van der Waals surface area contributed by atoms with Crippen LogP contribution in [0.2, 0.25) is 5.02 Å². The van der Waals surface area contributed by atoms with E-state index < -0.39 is 0 Å². The number of hydrogen-bond donors (Lipinski definition) is 2. The Morgan fingerprint density at radius 3 is 2.77 bits per heavy atom. The molecule has 4 nitrogen and oxygen atoms in total. The van der Waals surface area contributed by atoms with Crippen molar-refractivity contribution in [2.45, 2.75) is 0 Å². The topological polar surface area (TPSA) is 50.4 Å². The molecule has 6 heteroatoms. The molecule has 22 heavy (non-hydrogen) atoms. The zero-order valence-electron chi connectivity index (χ0n) is 11.8. The number of nitrogens with one attached hydrogen (secondary N) is 2. The molecule has 0 fully saturated rings. The van der Waals surface area contributed by atoms with E-state index in [0.717, 1.165) is 10.0 Å². The molecule has 2 amide bonds. The first kappa shape index (κ1) is 16.4. The van der Waals surface area contributed by atoms with E-state index in [1.54, 1.807) is 30.5 Å². The molecule has 0 aliphatic heterocycles. The first-order chi connectivity index (χ1) is 10.6. The molecule has 0 aliphatic rings. The van der Waals surface area contributed by atoms with Gasteiger partial charge in [-0.15, -0.1) is 0 Å². The van der Waals surface area contributed by atoms with Crippen molar-refractivity contribution >= 4 is 45.3 Å². The van der Waals surface area contributed by atoms with E-state index in [0.29, 0.717) is 16.5 Å². The van der Waals surface area contributed by atoms with Crippen LogP contribution in [0.3, 0.4) is 0 Å². The van der Waals surface area contributed by atoms with Crippen LogP contribution in [0, 0.1) is 0 Å². The molecule has 0 bridgehead atoms. The molecular formula is C16H14BrClN2O2. The Morgan fingerprint density at radius 2 is 2.05 bits per heavy atom. The van der Waals surface area contributed by atoms with Gasteiger partial charge in [0.1, 0.15) is 5.75 Å². The fraction of sp³-hybridized carbons (Fsp3) is 0.0625. The summed E-state index contributed by atoms with van der Waals surface area (Å²) in [5.74, 6) is 0.536. The number of benzene rings is 2. The number of carbonyl (C=O) groups excluding carboxylic acids is 1. The molecule has 2 aromatic carbocycles. The maximum Gasteiger partial charge on any atom is 0.323 e. The van der Waals surface area contributed by atoms with Gasteiger partial charge < -0.3 is 15.4 Å². The van der Waals surface area contributed by atoms with Gasteiger partial charge in [0.05, 0.1) is 12.8 Å². The number of amides is 2. The molecule has 0 atom stereocenters. The summed E-state index contributed by atoms with van der Waals surface area (Å²) in [4.78, 5) is 11.9. The summed E-state index contributed by atoms with van der Waals surface area (Å²) >= 11 is 9.35. The van der Waals surface area contributed by atoms with E-state index in [1.165, 1.54) is 7.11 Å². The quantitative estimate of drug-likeness (QED) is 0.791. The largest absolute Gasteiger partial charge is 0.495 e. The Hall–Kier alpha value is -1.98. The van der Waals surface area contributed by atoms with E-state index in [-0.39, 0.29) is 6.03 Å². The SMILES string of the molecule is COc1ccc(Cl)cc1NC(=O)N/C=C/c1ccccc1Br. The molecule has 0 aliphatic carbocycles. The first-order valence-electron chi connectivity index (χ1n) is 6.42. The van der Waals surface area contributed by atoms with Crippen LogP contribution in [0.15, 0.2) is 53.1 Å². The molecule has 2 N–H and O–H groups in total. The summed E-state index contributed by atoms with van der Waals surface area (Å²) in [5, 5.41) is 5.82. The standard InChI is InChI=1S/C16H14BrClN2O2/c1-22-15-7-6-12(18)10-14(15)20-16(21)19-9-8-11-4-2-3-5-13(11)17/h2-10H,1H3,(H2,19,20,21)/b9-8+. The van der Waals surface area contributed by atoms with E-state index in [1.807, 2.05) is 24.3 Å². The van der Waals surface area contributed by atoms with Gasteiger partial charge in [0, 0.05) is 15.7 Å². The summed E-state index contributed by atoms with van der Waals surface area (Å²) in [6, 6.07) is 12.3. The molecule has 0 radical (unpaired) electrons. The van der Waals surface area contributed by atoms with Crippen molar-refractivity contribution in [3.8, 4) is 5.75 Å². The number of ether oxygens (including phenoxy) is 1. The Labute approximate surface area is 142 Å². The Balaban J connectivity index is 1.99. The Bertz CT molecular complexity index is 704. The van der Waals surface area contributed by atoms with Gasteiger partial charge in [-0.3, -0.25) is 0 Å². The molecular weight excluding hydrogens is 368 g/mol. The van der Waals surface area contributed by atoms with Gasteiger partial charge in [0.2, 0.25) is 0 Å². The van der Waals surface area contributed by atoms with E-state index in [2.05, 4.69) is 26.6 Å². The Kier molecular flexibility index (Phi) is 5.86. The molecule has 114 valence electrons. The van der Waals surface area contributed by atoms with E-state index in [4.69, 9.17) is 16.3 Å². The highest BCUT2D eigenvalue weighted by molar-refractivity contribution is 9.10. The minimum atomic E-state index is -0.385. The van der Waals surface area contributed by atoms with Gasteiger partial charge >= 0.3 is 6.03 Å². The monoisotopic (exact) mass is 380 g/mol. The predicted molar refractivity (Wildman–Crippen MR) is 93.3 cm³/mol. The van der Waals surface area contributed by atoms with Crippen LogP contribution in [0.4, 0.5) is 10.5 Å². The van der Waals surface area contributed by atoms with Gasteiger partial charge in [-0.05, 0) is 35.9 Å². The second-order valence-corrected chi connectivity index (χ2v) is 5.59. The Morgan fingerprint density at radius 1 is 1.27 bits per heavy atom. The molecule has 0 saturated heterocycles. The van der Waals surface area contributed by atoms with Gasteiger partial charge in [0.15, 0.2) is 0 Å². The molecule has 2 rings (SSSR count). The first-order valence-corrected chi connectivity index (χ1v) is 7.59. The van der Waals surface area contributed by atoms with Crippen molar-refractivity contribution < 1.29 is 9.53 Å². The maximum atomic E-state index is 11.9. The zero-order valence-corrected chi connectivity index (χ0v) is 14.1. The van der Waals surface area contributed by atoms with Crippen molar-refractivity contribution in [2.75, 3.05) is 12.4 Å². The van der Waals surface area contributed by atoms with Crippen molar-refractivity contribution in [1.82, 2.24) is 5.32 Å². The zero-order chi connectivity index (χ0) is 15.9. The van der Waals surface area contributed by atoms with Crippen LogP contribution in [-0.4, -0.2) is 13.1 Å². The summed E-state index contributed by atoms with van der Waals surface area (Å²) in [6.07, 6.45) is 3.35. The molecule has 0 aromatic heterocycles. The number of urea groups is 1. The highest BCUT2D eigenvalue weighted by Crippen LogP contribution is 2.27. The summed E-state index contributed by atoms with van der Waals surface area (Å²) < 4.78 is 6.11. The van der Waals surface area contributed by atoms with E-state index in [9.17, 15) is 4.79 Å². The molecule has 0 unspecified atom stereocenters.